The zero-order valence-electron chi connectivity index (χ0n) is 9.20. The summed E-state index contributed by atoms with van der Waals surface area (Å²) in [6.07, 6.45) is 0. The molecule has 1 N–H and O–H groups in total. The molecule has 0 aliphatic rings. The zero-order valence-corrected chi connectivity index (χ0v) is 10.7. The molecule has 0 bridgehead atoms. The highest BCUT2D eigenvalue weighted by molar-refractivity contribution is 6.36. The molecule has 0 fully saturated rings. The van der Waals surface area contributed by atoms with Crippen molar-refractivity contribution in [2.24, 2.45) is 0 Å². The average molecular weight is 279 g/mol. The maximum atomic E-state index is 11.1. The third-order valence-electron chi connectivity index (χ3n) is 1.93. The predicted molar refractivity (Wildman–Crippen MR) is 64.5 cm³/mol. The van der Waals surface area contributed by atoms with Gasteiger partial charge in [0.1, 0.15) is 5.75 Å². The van der Waals surface area contributed by atoms with Crippen molar-refractivity contribution in [2.45, 2.75) is 13.5 Å². The highest BCUT2D eigenvalue weighted by atomic mass is 35.5. The van der Waals surface area contributed by atoms with Crippen LogP contribution in [-0.4, -0.2) is 24.3 Å². The lowest BCUT2D eigenvalue weighted by Gasteiger charge is -2.09. The van der Waals surface area contributed by atoms with Crippen LogP contribution in [0.2, 0.25) is 10.0 Å². The van der Waals surface area contributed by atoms with Gasteiger partial charge in [-0.25, -0.2) is 4.79 Å². The molecule has 0 radical (unpaired) electrons. The molecule has 0 aromatic heterocycles. The van der Waals surface area contributed by atoms with Crippen molar-refractivity contribution in [3.63, 3.8) is 0 Å². The van der Waals surface area contributed by atoms with Gasteiger partial charge in [0.15, 0.2) is 6.61 Å². The molecule has 0 aliphatic heterocycles. The summed E-state index contributed by atoms with van der Waals surface area (Å²) in [6.45, 7) is 1.55. The quantitative estimate of drug-likeness (QED) is 0.841. The van der Waals surface area contributed by atoms with Crippen molar-refractivity contribution in [3.8, 4) is 5.75 Å². The molecule has 0 saturated carbocycles. The fourth-order valence-electron chi connectivity index (χ4n) is 1.16. The molecule has 0 spiro atoms. The minimum Gasteiger partial charge on any atom is -0.482 e. The monoisotopic (exact) mass is 278 g/mol. The number of carbonyl (C=O) groups is 1. The van der Waals surface area contributed by atoms with Crippen LogP contribution in [0.4, 0.5) is 0 Å². The first kappa shape index (κ1) is 14.1. The van der Waals surface area contributed by atoms with Gasteiger partial charge in [-0.3, -0.25) is 0 Å². The van der Waals surface area contributed by atoms with Crippen LogP contribution in [0, 0.1) is 0 Å². The van der Waals surface area contributed by atoms with E-state index in [-0.39, 0.29) is 13.2 Å². The van der Waals surface area contributed by atoms with Gasteiger partial charge in [0.2, 0.25) is 0 Å². The molecular weight excluding hydrogens is 267 g/mol. The van der Waals surface area contributed by atoms with Gasteiger partial charge in [-0.05, 0) is 19.1 Å². The van der Waals surface area contributed by atoms with Gasteiger partial charge in [-0.1, -0.05) is 23.2 Å². The number of benzene rings is 1. The summed E-state index contributed by atoms with van der Waals surface area (Å²) in [7, 11) is 0. The second-order valence-corrected chi connectivity index (χ2v) is 3.93. The SMILES string of the molecule is CCOC(=O)COc1cc(Cl)c(CO)c(Cl)c1. The lowest BCUT2D eigenvalue weighted by atomic mass is 10.2. The number of hydrogen-bond acceptors (Lipinski definition) is 4. The fourth-order valence-corrected chi connectivity index (χ4v) is 1.75. The third-order valence-corrected chi connectivity index (χ3v) is 2.61. The van der Waals surface area contributed by atoms with Gasteiger partial charge in [0.25, 0.3) is 0 Å². The summed E-state index contributed by atoms with van der Waals surface area (Å²) in [5.74, 6) is -0.115. The molecule has 0 atom stereocenters. The van der Waals surface area contributed by atoms with Crippen LogP contribution in [0.1, 0.15) is 12.5 Å². The maximum Gasteiger partial charge on any atom is 0.344 e. The molecular formula is C11H12Cl2O4. The normalized spacial score (nSPS) is 10.1. The van der Waals surface area contributed by atoms with Crippen LogP contribution >= 0.6 is 23.2 Å². The average Bonchev–Trinajstić information content (AvgIpc) is 2.26. The minimum absolute atomic E-state index is 0.209. The van der Waals surface area contributed by atoms with Crippen LogP contribution in [0.15, 0.2) is 12.1 Å². The van der Waals surface area contributed by atoms with Crippen molar-refractivity contribution >= 4 is 29.2 Å². The van der Waals surface area contributed by atoms with Gasteiger partial charge in [0.05, 0.1) is 23.3 Å². The summed E-state index contributed by atoms with van der Waals surface area (Å²) in [5.41, 5.74) is 0.428. The van der Waals surface area contributed by atoms with Gasteiger partial charge >= 0.3 is 5.97 Å². The number of carbonyl (C=O) groups excluding carboxylic acids is 1. The van der Waals surface area contributed by atoms with E-state index in [1.54, 1.807) is 6.92 Å². The van der Waals surface area contributed by atoms with Crippen molar-refractivity contribution < 1.29 is 19.4 Å². The first-order valence-corrected chi connectivity index (χ1v) is 5.71. The van der Waals surface area contributed by atoms with Crippen molar-refractivity contribution in [3.05, 3.63) is 27.7 Å². The molecule has 0 heterocycles. The third kappa shape index (κ3) is 4.07. The Morgan fingerprint density at radius 2 is 1.94 bits per heavy atom. The lowest BCUT2D eigenvalue weighted by molar-refractivity contribution is -0.145. The number of ether oxygens (including phenoxy) is 2. The first-order valence-electron chi connectivity index (χ1n) is 4.95. The number of rotatable bonds is 5. The van der Waals surface area contributed by atoms with E-state index in [1.165, 1.54) is 12.1 Å². The molecule has 4 nitrogen and oxygen atoms in total. The molecule has 17 heavy (non-hydrogen) atoms. The molecule has 94 valence electrons. The second-order valence-electron chi connectivity index (χ2n) is 3.12. The van der Waals surface area contributed by atoms with Crippen molar-refractivity contribution in [2.75, 3.05) is 13.2 Å². The second kappa shape index (κ2) is 6.69. The highest BCUT2D eigenvalue weighted by Crippen LogP contribution is 2.30. The number of halogens is 2. The Balaban J connectivity index is 2.70. The number of aliphatic hydroxyl groups excluding tert-OH is 1. The lowest BCUT2D eigenvalue weighted by Crippen LogP contribution is -2.14. The standard InChI is InChI=1S/C11H12Cl2O4/c1-2-16-11(15)6-17-7-3-9(12)8(5-14)10(13)4-7/h3-4,14H,2,5-6H2,1H3. The van der Waals surface area contributed by atoms with E-state index in [0.717, 1.165) is 0 Å². The molecule has 1 aromatic carbocycles. The van der Waals surface area contributed by atoms with Crippen LogP contribution in [0.25, 0.3) is 0 Å². The van der Waals surface area contributed by atoms with Gasteiger partial charge in [0, 0.05) is 5.56 Å². The van der Waals surface area contributed by atoms with Crippen LogP contribution in [0.3, 0.4) is 0 Å². The van der Waals surface area contributed by atoms with E-state index in [9.17, 15) is 4.79 Å². The van der Waals surface area contributed by atoms with E-state index in [0.29, 0.717) is 28.0 Å². The smallest absolute Gasteiger partial charge is 0.344 e. The molecule has 1 aromatic rings. The van der Waals surface area contributed by atoms with E-state index in [4.69, 9.17) is 37.8 Å². The largest absolute Gasteiger partial charge is 0.482 e. The summed E-state index contributed by atoms with van der Waals surface area (Å²) in [4.78, 5) is 11.1. The van der Waals surface area contributed by atoms with Crippen molar-refractivity contribution in [1.29, 1.82) is 0 Å². The summed E-state index contributed by atoms with van der Waals surface area (Å²) in [6, 6.07) is 2.97. The molecule has 0 aliphatic carbocycles. The molecule has 0 unspecified atom stereocenters. The van der Waals surface area contributed by atoms with Crippen LogP contribution in [-0.2, 0) is 16.1 Å². The highest BCUT2D eigenvalue weighted by Gasteiger charge is 2.09. The Bertz CT molecular complexity index is 383. The minimum atomic E-state index is -0.467. The Hall–Kier alpha value is -0.970. The summed E-state index contributed by atoms with van der Waals surface area (Å²) >= 11 is 11.7. The molecule has 6 heteroatoms. The van der Waals surface area contributed by atoms with Gasteiger partial charge in [-0.2, -0.15) is 0 Å². The number of aliphatic hydroxyl groups is 1. The van der Waals surface area contributed by atoms with Crippen LogP contribution < -0.4 is 4.74 Å². The maximum absolute atomic E-state index is 11.1. The Morgan fingerprint density at radius 3 is 2.41 bits per heavy atom. The van der Waals surface area contributed by atoms with E-state index in [2.05, 4.69) is 0 Å². The van der Waals surface area contributed by atoms with Gasteiger partial charge < -0.3 is 14.6 Å². The Labute approximate surface area is 109 Å². The van der Waals surface area contributed by atoms with Crippen molar-refractivity contribution in [1.82, 2.24) is 0 Å². The Morgan fingerprint density at radius 1 is 1.35 bits per heavy atom. The van der Waals surface area contributed by atoms with E-state index < -0.39 is 5.97 Å². The van der Waals surface area contributed by atoms with E-state index in [1.807, 2.05) is 0 Å². The number of esters is 1. The topological polar surface area (TPSA) is 55.8 Å². The van der Waals surface area contributed by atoms with Crippen LogP contribution in [0.5, 0.6) is 5.75 Å². The molecule has 0 saturated heterocycles. The predicted octanol–water partition coefficient (Wildman–Crippen LogP) is 2.43. The molecule has 1 rings (SSSR count). The Kier molecular flexibility index (Phi) is 5.55. The fraction of sp³-hybridized carbons (Fsp3) is 0.364. The first-order chi connectivity index (χ1) is 8.08. The summed E-state index contributed by atoms with van der Waals surface area (Å²) in [5, 5.41) is 9.58. The van der Waals surface area contributed by atoms with E-state index >= 15 is 0 Å². The zero-order chi connectivity index (χ0) is 12.8. The van der Waals surface area contributed by atoms with Gasteiger partial charge in [-0.15, -0.1) is 0 Å². The number of hydrogen-bond donors (Lipinski definition) is 1. The summed E-state index contributed by atoms with van der Waals surface area (Å²) < 4.78 is 9.86. The molecule has 0 amide bonds.